The van der Waals surface area contributed by atoms with Crippen LogP contribution in [0.3, 0.4) is 0 Å². The minimum Gasteiger partial charge on any atom is -0.376 e. The highest BCUT2D eigenvalue weighted by molar-refractivity contribution is 9.10. The van der Waals surface area contributed by atoms with Crippen LogP contribution in [-0.2, 0) is 0 Å². The Kier molecular flexibility index (Phi) is 3.64. The zero-order valence-corrected chi connectivity index (χ0v) is 12.9. The Hall–Kier alpha value is -0.510. The van der Waals surface area contributed by atoms with E-state index in [0.717, 1.165) is 21.1 Å². The molecular weight excluding hydrogens is 330 g/mol. The predicted molar refractivity (Wildman–Crippen MR) is 82.6 cm³/mol. The maximum atomic E-state index is 6.27. The highest BCUT2D eigenvalue weighted by Gasteiger charge is 2.33. The van der Waals surface area contributed by atoms with E-state index in [2.05, 4.69) is 38.8 Å². The molecule has 1 aromatic carbocycles. The van der Waals surface area contributed by atoms with Gasteiger partial charge in [-0.1, -0.05) is 33.6 Å². The summed E-state index contributed by atoms with van der Waals surface area (Å²) >= 11 is 11.5. The third kappa shape index (κ3) is 2.73. The highest BCUT2D eigenvalue weighted by atomic mass is 79.9. The molecule has 1 atom stereocenters. The Morgan fingerprint density at radius 1 is 1.33 bits per heavy atom. The van der Waals surface area contributed by atoms with Crippen LogP contribution in [0, 0.1) is 5.92 Å². The molecule has 3 rings (SSSR count). The fourth-order valence-electron chi connectivity index (χ4n) is 2.09. The van der Waals surface area contributed by atoms with Crippen molar-refractivity contribution in [2.45, 2.75) is 18.9 Å². The molecule has 1 aromatic heterocycles. The Morgan fingerprint density at radius 2 is 2.17 bits per heavy atom. The van der Waals surface area contributed by atoms with Crippen molar-refractivity contribution in [1.29, 1.82) is 0 Å². The van der Waals surface area contributed by atoms with E-state index in [9.17, 15) is 0 Å². The van der Waals surface area contributed by atoms with Gasteiger partial charge in [0.25, 0.3) is 0 Å². The van der Waals surface area contributed by atoms with E-state index in [1.54, 1.807) is 0 Å². The van der Waals surface area contributed by atoms with Gasteiger partial charge in [-0.25, -0.2) is 0 Å². The van der Waals surface area contributed by atoms with Gasteiger partial charge in [0.2, 0.25) is 0 Å². The molecule has 1 nitrogen and oxygen atoms in total. The highest BCUT2D eigenvalue weighted by Crippen LogP contribution is 2.45. The van der Waals surface area contributed by atoms with Gasteiger partial charge in [0, 0.05) is 9.35 Å². The molecular formula is C14H13BrClNS. The third-order valence-electron chi connectivity index (χ3n) is 3.19. The number of nitrogens with one attached hydrogen (secondary N) is 1. The van der Waals surface area contributed by atoms with E-state index in [1.807, 2.05) is 29.5 Å². The van der Waals surface area contributed by atoms with E-state index >= 15 is 0 Å². The number of hydrogen-bond donors (Lipinski definition) is 1. The molecule has 0 bridgehead atoms. The van der Waals surface area contributed by atoms with Crippen molar-refractivity contribution in [3.05, 3.63) is 50.1 Å². The maximum Gasteiger partial charge on any atom is 0.0648 e. The maximum absolute atomic E-state index is 6.27. The molecule has 0 radical (unpaired) electrons. The lowest BCUT2D eigenvalue weighted by molar-refractivity contribution is 0.691. The molecule has 1 saturated carbocycles. The van der Waals surface area contributed by atoms with Crippen molar-refractivity contribution >= 4 is 44.6 Å². The standard InChI is InChI=1S/C14H13BrClNS/c15-10-5-6-12(11(16)8-10)17-14(9-3-4-9)13-2-1-7-18-13/h1-2,5-9,14,17H,3-4H2. The van der Waals surface area contributed by atoms with Gasteiger partial charge in [0.05, 0.1) is 16.8 Å². The van der Waals surface area contributed by atoms with Crippen LogP contribution in [0.5, 0.6) is 0 Å². The molecule has 0 spiro atoms. The van der Waals surface area contributed by atoms with Crippen LogP contribution in [0.15, 0.2) is 40.2 Å². The van der Waals surface area contributed by atoms with Crippen LogP contribution >= 0.6 is 38.9 Å². The molecule has 4 heteroatoms. The van der Waals surface area contributed by atoms with Gasteiger partial charge >= 0.3 is 0 Å². The van der Waals surface area contributed by atoms with Gasteiger partial charge in [-0.3, -0.25) is 0 Å². The summed E-state index contributed by atoms with van der Waals surface area (Å²) in [5.74, 6) is 0.753. The second kappa shape index (κ2) is 5.24. The molecule has 1 unspecified atom stereocenters. The van der Waals surface area contributed by atoms with Gasteiger partial charge in [-0.2, -0.15) is 0 Å². The van der Waals surface area contributed by atoms with Gasteiger partial charge in [0.15, 0.2) is 0 Å². The average Bonchev–Trinajstić information content (AvgIpc) is 3.03. The Balaban J connectivity index is 1.84. The van der Waals surface area contributed by atoms with Crippen molar-refractivity contribution in [2.75, 3.05) is 5.32 Å². The lowest BCUT2D eigenvalue weighted by Gasteiger charge is -2.19. The quantitative estimate of drug-likeness (QED) is 0.748. The molecule has 0 saturated heterocycles. The first-order chi connectivity index (χ1) is 8.74. The van der Waals surface area contributed by atoms with Crippen molar-refractivity contribution in [2.24, 2.45) is 5.92 Å². The summed E-state index contributed by atoms with van der Waals surface area (Å²) in [5.41, 5.74) is 1.02. The van der Waals surface area contributed by atoms with E-state index in [4.69, 9.17) is 11.6 Å². The summed E-state index contributed by atoms with van der Waals surface area (Å²) < 4.78 is 1.01. The van der Waals surface area contributed by atoms with Crippen molar-refractivity contribution in [1.82, 2.24) is 0 Å². The molecule has 18 heavy (non-hydrogen) atoms. The van der Waals surface area contributed by atoms with E-state index in [0.29, 0.717) is 6.04 Å². The van der Waals surface area contributed by atoms with E-state index in [-0.39, 0.29) is 0 Å². The normalized spacial score (nSPS) is 16.6. The Morgan fingerprint density at radius 3 is 2.78 bits per heavy atom. The van der Waals surface area contributed by atoms with E-state index < -0.39 is 0 Å². The first-order valence-electron chi connectivity index (χ1n) is 5.99. The third-order valence-corrected chi connectivity index (χ3v) is 4.95. The molecule has 94 valence electrons. The zero-order valence-electron chi connectivity index (χ0n) is 9.70. The second-order valence-electron chi connectivity index (χ2n) is 4.60. The van der Waals surface area contributed by atoms with Crippen LogP contribution in [0.4, 0.5) is 5.69 Å². The van der Waals surface area contributed by atoms with E-state index in [1.165, 1.54) is 17.7 Å². The van der Waals surface area contributed by atoms with Gasteiger partial charge < -0.3 is 5.32 Å². The van der Waals surface area contributed by atoms with Crippen LogP contribution in [0.1, 0.15) is 23.8 Å². The zero-order chi connectivity index (χ0) is 12.5. The SMILES string of the molecule is Clc1cc(Br)ccc1NC(c1cccs1)C1CC1. The molecule has 1 heterocycles. The minimum atomic E-state index is 0.406. The lowest BCUT2D eigenvalue weighted by atomic mass is 10.1. The van der Waals surface area contributed by atoms with Crippen LogP contribution < -0.4 is 5.32 Å². The summed E-state index contributed by atoms with van der Waals surface area (Å²) in [6.45, 7) is 0. The first kappa shape index (κ1) is 12.5. The van der Waals surface area contributed by atoms with Crippen LogP contribution in [-0.4, -0.2) is 0 Å². The first-order valence-corrected chi connectivity index (χ1v) is 8.04. The average molecular weight is 343 g/mol. The fraction of sp³-hybridized carbons (Fsp3) is 0.286. The Bertz CT molecular complexity index is 537. The van der Waals surface area contributed by atoms with Crippen molar-refractivity contribution in [3.8, 4) is 0 Å². The summed E-state index contributed by atoms with van der Waals surface area (Å²) in [6, 6.07) is 10.7. The fourth-order valence-corrected chi connectivity index (χ4v) is 3.69. The molecule has 0 aliphatic heterocycles. The second-order valence-corrected chi connectivity index (χ2v) is 6.90. The lowest BCUT2D eigenvalue weighted by Crippen LogP contribution is -2.11. The molecule has 2 aromatic rings. The summed E-state index contributed by atoms with van der Waals surface area (Å²) in [7, 11) is 0. The molecule has 1 N–H and O–H groups in total. The molecule has 1 aliphatic carbocycles. The van der Waals surface area contributed by atoms with Gasteiger partial charge in [-0.15, -0.1) is 11.3 Å². The van der Waals surface area contributed by atoms with Gasteiger partial charge in [-0.05, 0) is 48.4 Å². The van der Waals surface area contributed by atoms with Crippen molar-refractivity contribution < 1.29 is 0 Å². The summed E-state index contributed by atoms with van der Waals surface area (Å²) in [4.78, 5) is 1.40. The van der Waals surface area contributed by atoms with Gasteiger partial charge in [0.1, 0.15) is 0 Å². The summed E-state index contributed by atoms with van der Waals surface area (Å²) in [6.07, 6.45) is 2.62. The minimum absolute atomic E-state index is 0.406. The van der Waals surface area contributed by atoms with Crippen LogP contribution in [0.2, 0.25) is 5.02 Å². The van der Waals surface area contributed by atoms with Crippen molar-refractivity contribution in [3.63, 3.8) is 0 Å². The number of halogens is 2. The number of rotatable bonds is 4. The molecule has 1 fully saturated rings. The molecule has 0 amide bonds. The number of thiophene rings is 1. The topological polar surface area (TPSA) is 12.0 Å². The predicted octanol–water partition coefficient (Wildman–Crippen LogP) is 5.73. The number of benzene rings is 1. The monoisotopic (exact) mass is 341 g/mol. The molecule has 1 aliphatic rings. The largest absolute Gasteiger partial charge is 0.376 e. The number of hydrogen-bond acceptors (Lipinski definition) is 2. The Labute approximate surface area is 124 Å². The smallest absolute Gasteiger partial charge is 0.0648 e. The number of anilines is 1. The summed E-state index contributed by atoms with van der Waals surface area (Å²) in [5, 5.41) is 6.50. The van der Waals surface area contributed by atoms with Crippen LogP contribution in [0.25, 0.3) is 0 Å².